The summed E-state index contributed by atoms with van der Waals surface area (Å²) in [5, 5.41) is 8.58. The minimum Gasteiger partial charge on any atom is -0.332 e. The normalized spacial score (nSPS) is 16.5. The first-order chi connectivity index (χ1) is 15.4. The second kappa shape index (κ2) is 7.26. The van der Waals surface area contributed by atoms with Crippen LogP contribution < -0.4 is 10.6 Å². The number of carbonyl (C=O) groups excluding carboxylic acids is 1. The topological polar surface area (TPSA) is 76.8 Å². The number of imidazole rings is 1. The number of urea groups is 1. The van der Waals surface area contributed by atoms with Crippen molar-refractivity contribution in [3.63, 3.8) is 0 Å². The van der Waals surface area contributed by atoms with E-state index < -0.39 is 30.0 Å². The number of alkyl halides is 1. The highest BCUT2D eigenvalue weighted by Crippen LogP contribution is 2.43. The van der Waals surface area contributed by atoms with Crippen LogP contribution in [0.3, 0.4) is 0 Å². The first-order valence-corrected chi connectivity index (χ1v) is 9.71. The number of nitrogens with zero attached hydrogens (tertiary/aromatic N) is 4. The van der Waals surface area contributed by atoms with E-state index in [0.717, 1.165) is 12.1 Å². The number of aryl methyl sites for hydroxylation is 1. The average Bonchev–Trinajstić information content (AvgIpc) is 3.48. The third kappa shape index (κ3) is 3.11. The Hall–Kier alpha value is -4.08. The summed E-state index contributed by atoms with van der Waals surface area (Å²) < 4.78 is 47.8. The van der Waals surface area contributed by atoms with Gasteiger partial charge in [0.15, 0.2) is 0 Å². The maximum atomic E-state index is 16.0. The quantitative estimate of drug-likeness (QED) is 0.505. The molecule has 32 heavy (non-hydrogen) atoms. The molecule has 0 spiro atoms. The van der Waals surface area contributed by atoms with E-state index in [4.69, 9.17) is 0 Å². The largest absolute Gasteiger partial charge is 0.332 e. The fourth-order valence-corrected chi connectivity index (χ4v) is 3.92. The Morgan fingerprint density at radius 2 is 1.94 bits per heavy atom. The lowest BCUT2D eigenvalue weighted by molar-refractivity contribution is 0.132. The van der Waals surface area contributed by atoms with Crippen molar-refractivity contribution in [2.75, 3.05) is 11.9 Å². The van der Waals surface area contributed by atoms with Crippen LogP contribution in [0.1, 0.15) is 5.56 Å². The zero-order chi connectivity index (χ0) is 22.5. The number of anilines is 1. The van der Waals surface area contributed by atoms with Crippen LogP contribution in [0.5, 0.6) is 0 Å². The summed E-state index contributed by atoms with van der Waals surface area (Å²) in [6.45, 7) is -0.433. The molecule has 2 N–H and O–H groups in total. The number of amides is 2. The maximum Gasteiger partial charge on any atom is 0.319 e. The molecule has 4 aromatic rings. The lowest BCUT2D eigenvalue weighted by Crippen LogP contribution is -2.42. The van der Waals surface area contributed by atoms with E-state index in [1.807, 2.05) is 0 Å². The molecule has 0 saturated heterocycles. The first-order valence-electron chi connectivity index (χ1n) is 9.71. The number of fused-ring (bicyclic) bond motifs is 3. The molecule has 0 aliphatic carbocycles. The smallest absolute Gasteiger partial charge is 0.319 e. The van der Waals surface area contributed by atoms with Crippen molar-refractivity contribution >= 4 is 11.7 Å². The number of rotatable bonds is 4. The van der Waals surface area contributed by atoms with E-state index in [1.165, 1.54) is 21.8 Å². The minimum atomic E-state index is -2.06. The molecular formula is C22H17F3N6O. The molecule has 0 fully saturated rings. The summed E-state index contributed by atoms with van der Waals surface area (Å²) in [6.07, 6.45) is 5.84. The Labute approximate surface area is 180 Å². The van der Waals surface area contributed by atoms with E-state index in [-0.39, 0.29) is 11.3 Å². The summed E-state index contributed by atoms with van der Waals surface area (Å²) >= 11 is 0. The molecule has 3 heterocycles. The molecule has 7 nitrogen and oxygen atoms in total. The SMILES string of the molecule is Cn1cc(-c2cc(F)c(NC(=O)NC[C@@]3(F)c4ccccc4-c4cncn43)cc2F)cn1. The highest BCUT2D eigenvalue weighted by Gasteiger charge is 2.43. The predicted molar refractivity (Wildman–Crippen MR) is 111 cm³/mol. The number of halogens is 3. The van der Waals surface area contributed by atoms with Crippen LogP contribution in [0.2, 0.25) is 0 Å². The average molecular weight is 438 g/mol. The van der Waals surface area contributed by atoms with E-state index in [9.17, 15) is 13.6 Å². The van der Waals surface area contributed by atoms with Gasteiger partial charge in [-0.05, 0) is 6.07 Å². The van der Waals surface area contributed by atoms with Crippen LogP contribution in [0.25, 0.3) is 22.4 Å². The Bertz CT molecular complexity index is 1350. The number of nitrogens with one attached hydrogen (secondary N) is 2. The van der Waals surface area contributed by atoms with Gasteiger partial charge in [0, 0.05) is 41.6 Å². The number of carbonyl (C=O) groups is 1. The van der Waals surface area contributed by atoms with Gasteiger partial charge < -0.3 is 10.6 Å². The second-order valence-corrected chi connectivity index (χ2v) is 7.48. The van der Waals surface area contributed by atoms with E-state index in [1.54, 1.807) is 43.7 Å². The third-order valence-electron chi connectivity index (χ3n) is 5.44. The van der Waals surface area contributed by atoms with Crippen LogP contribution in [0.15, 0.2) is 61.3 Å². The summed E-state index contributed by atoms with van der Waals surface area (Å²) in [6, 6.07) is 7.87. The molecule has 1 aliphatic heterocycles. The molecular weight excluding hydrogens is 421 g/mol. The molecule has 2 aromatic carbocycles. The lowest BCUT2D eigenvalue weighted by Gasteiger charge is -2.24. The number of benzene rings is 2. The molecule has 0 unspecified atom stereocenters. The van der Waals surface area contributed by atoms with Crippen molar-refractivity contribution in [1.29, 1.82) is 0 Å². The Balaban J connectivity index is 1.34. The third-order valence-corrected chi connectivity index (χ3v) is 5.44. The van der Waals surface area contributed by atoms with Gasteiger partial charge in [-0.3, -0.25) is 9.25 Å². The van der Waals surface area contributed by atoms with E-state index in [2.05, 4.69) is 20.7 Å². The van der Waals surface area contributed by atoms with Gasteiger partial charge in [0.1, 0.15) is 11.6 Å². The monoisotopic (exact) mass is 438 g/mol. The van der Waals surface area contributed by atoms with E-state index >= 15 is 4.39 Å². The van der Waals surface area contributed by atoms with Crippen LogP contribution in [0.4, 0.5) is 23.7 Å². The van der Waals surface area contributed by atoms with Gasteiger partial charge in [0.2, 0.25) is 5.79 Å². The molecule has 1 atom stereocenters. The molecule has 162 valence electrons. The van der Waals surface area contributed by atoms with Gasteiger partial charge in [0.25, 0.3) is 0 Å². The second-order valence-electron chi connectivity index (χ2n) is 7.48. The van der Waals surface area contributed by atoms with Gasteiger partial charge in [-0.25, -0.2) is 22.9 Å². The van der Waals surface area contributed by atoms with Gasteiger partial charge in [-0.1, -0.05) is 24.3 Å². The predicted octanol–water partition coefficient (Wildman–Crippen LogP) is 4.03. The first kappa shape index (κ1) is 19.9. The highest BCUT2D eigenvalue weighted by atomic mass is 19.1. The standard InChI is InChI=1S/C22H17F3N6O/c1-30-10-13(8-28-30)15-6-18(24)19(7-17(15)23)29-21(32)27-11-22(25)16-5-3-2-4-14(16)20-9-26-12-31(20)22/h2-10,12H,11H2,1H3,(H2,27,29,32)/t22-/m0/s1. The number of aromatic nitrogens is 4. The molecule has 0 bridgehead atoms. The van der Waals surface area contributed by atoms with Crippen molar-refractivity contribution in [1.82, 2.24) is 24.6 Å². The molecule has 2 aromatic heterocycles. The molecule has 0 radical (unpaired) electrons. The Morgan fingerprint density at radius 1 is 1.12 bits per heavy atom. The Kier molecular flexibility index (Phi) is 4.50. The zero-order valence-electron chi connectivity index (χ0n) is 16.8. The van der Waals surface area contributed by atoms with Crippen molar-refractivity contribution in [3.05, 3.63) is 78.5 Å². The summed E-state index contributed by atoms with van der Waals surface area (Å²) in [4.78, 5) is 16.4. The number of hydrogen-bond donors (Lipinski definition) is 2. The van der Waals surface area contributed by atoms with Crippen molar-refractivity contribution in [2.24, 2.45) is 7.05 Å². The highest BCUT2D eigenvalue weighted by molar-refractivity contribution is 5.90. The molecule has 10 heteroatoms. The van der Waals surface area contributed by atoms with Crippen LogP contribution in [0, 0.1) is 11.6 Å². The van der Waals surface area contributed by atoms with Gasteiger partial charge in [-0.15, -0.1) is 0 Å². The summed E-state index contributed by atoms with van der Waals surface area (Å²) in [5.41, 5.74) is 1.69. The van der Waals surface area contributed by atoms with Gasteiger partial charge in [-0.2, -0.15) is 5.10 Å². The van der Waals surface area contributed by atoms with Crippen LogP contribution in [-0.2, 0) is 12.8 Å². The molecule has 0 saturated carbocycles. The zero-order valence-corrected chi connectivity index (χ0v) is 16.8. The van der Waals surface area contributed by atoms with Gasteiger partial charge >= 0.3 is 6.03 Å². The van der Waals surface area contributed by atoms with Gasteiger partial charge in [0.05, 0.1) is 36.6 Å². The summed E-state index contributed by atoms with van der Waals surface area (Å²) in [5.74, 6) is -3.63. The van der Waals surface area contributed by atoms with Crippen LogP contribution >= 0.6 is 0 Å². The fraction of sp³-hybridized carbons (Fsp3) is 0.136. The maximum absolute atomic E-state index is 16.0. The minimum absolute atomic E-state index is 0.0134. The van der Waals surface area contributed by atoms with Crippen molar-refractivity contribution in [3.8, 4) is 22.4 Å². The lowest BCUT2D eigenvalue weighted by atomic mass is 10.0. The van der Waals surface area contributed by atoms with Crippen LogP contribution in [-0.4, -0.2) is 31.9 Å². The Morgan fingerprint density at radius 3 is 2.72 bits per heavy atom. The summed E-state index contributed by atoms with van der Waals surface area (Å²) in [7, 11) is 1.66. The van der Waals surface area contributed by atoms with Crippen molar-refractivity contribution < 1.29 is 18.0 Å². The van der Waals surface area contributed by atoms with Crippen molar-refractivity contribution in [2.45, 2.75) is 5.79 Å². The fourth-order valence-electron chi connectivity index (χ4n) is 3.92. The molecule has 1 aliphatic rings. The number of hydrogen-bond acceptors (Lipinski definition) is 3. The molecule has 5 rings (SSSR count). The van der Waals surface area contributed by atoms with E-state index in [0.29, 0.717) is 22.4 Å². The molecule has 2 amide bonds.